The Morgan fingerprint density at radius 3 is 2.71 bits per heavy atom. The van der Waals surface area contributed by atoms with Gasteiger partial charge in [-0.25, -0.2) is 12.8 Å². The van der Waals surface area contributed by atoms with E-state index >= 15 is 0 Å². The lowest BCUT2D eigenvalue weighted by Crippen LogP contribution is -2.26. The van der Waals surface area contributed by atoms with E-state index in [0.29, 0.717) is 25.2 Å². The molecule has 1 aromatic heterocycles. The van der Waals surface area contributed by atoms with E-state index in [9.17, 15) is 12.8 Å². The number of halogens is 1. The predicted molar refractivity (Wildman–Crippen MR) is 93.2 cm³/mol. The van der Waals surface area contributed by atoms with Crippen LogP contribution in [0.5, 0.6) is 0 Å². The number of rotatable bonds is 4. The summed E-state index contributed by atoms with van der Waals surface area (Å²) in [6.45, 7) is 4.74. The topological polar surface area (TPSA) is 62.3 Å². The molecule has 1 aromatic carbocycles. The third-order valence-corrected chi connectivity index (χ3v) is 5.99. The summed E-state index contributed by atoms with van der Waals surface area (Å²) < 4.78 is 39.3. The van der Waals surface area contributed by atoms with Crippen molar-refractivity contribution in [3.63, 3.8) is 0 Å². The van der Waals surface area contributed by atoms with Gasteiger partial charge in [0, 0.05) is 30.2 Å². The minimum absolute atomic E-state index is 0.0678. The molecular weight excluding hydrogens is 329 g/mol. The van der Waals surface area contributed by atoms with E-state index in [0.717, 1.165) is 21.3 Å². The Hall–Kier alpha value is -2.15. The van der Waals surface area contributed by atoms with Crippen molar-refractivity contribution in [1.82, 2.24) is 4.98 Å². The number of benzene rings is 1. The molecule has 24 heavy (non-hydrogen) atoms. The first-order valence-electron chi connectivity index (χ1n) is 7.84. The summed E-state index contributed by atoms with van der Waals surface area (Å²) in [5.41, 5.74) is 3.72. The smallest absolute Gasteiger partial charge is 0.235 e. The van der Waals surface area contributed by atoms with Gasteiger partial charge < -0.3 is 5.32 Å². The van der Waals surface area contributed by atoms with Crippen molar-refractivity contribution in [1.29, 1.82) is 0 Å². The maximum Gasteiger partial charge on any atom is 0.235 e. The van der Waals surface area contributed by atoms with E-state index in [4.69, 9.17) is 0 Å². The second kappa shape index (κ2) is 6.39. The van der Waals surface area contributed by atoms with E-state index in [1.54, 1.807) is 12.1 Å². The number of nitrogens with zero attached hydrogens (tertiary/aromatic N) is 2. The maximum absolute atomic E-state index is 14.1. The molecule has 1 aliphatic heterocycles. The van der Waals surface area contributed by atoms with Crippen LogP contribution in [-0.2, 0) is 16.6 Å². The molecule has 1 saturated heterocycles. The Labute approximate surface area is 141 Å². The van der Waals surface area contributed by atoms with Crippen LogP contribution in [0.1, 0.15) is 23.4 Å². The summed E-state index contributed by atoms with van der Waals surface area (Å²) in [5, 5.41) is 3.21. The van der Waals surface area contributed by atoms with Crippen LogP contribution in [-0.4, -0.2) is 25.7 Å². The van der Waals surface area contributed by atoms with Crippen molar-refractivity contribution >= 4 is 21.4 Å². The van der Waals surface area contributed by atoms with Gasteiger partial charge in [0.1, 0.15) is 5.82 Å². The Morgan fingerprint density at radius 2 is 2.04 bits per heavy atom. The van der Waals surface area contributed by atoms with Gasteiger partial charge >= 0.3 is 0 Å². The van der Waals surface area contributed by atoms with E-state index in [1.165, 1.54) is 6.07 Å². The highest BCUT2D eigenvalue weighted by atomic mass is 32.2. The minimum Gasteiger partial charge on any atom is -0.381 e. The summed E-state index contributed by atoms with van der Waals surface area (Å²) in [7, 11) is -3.40. The number of aromatic nitrogens is 1. The number of sulfonamides is 1. The lowest BCUT2D eigenvalue weighted by molar-refractivity contribution is 0.595. The molecule has 0 saturated carbocycles. The largest absolute Gasteiger partial charge is 0.381 e. The number of anilines is 2. The highest BCUT2D eigenvalue weighted by Gasteiger charge is 2.30. The van der Waals surface area contributed by atoms with E-state index in [-0.39, 0.29) is 11.4 Å². The van der Waals surface area contributed by atoms with E-state index in [2.05, 4.69) is 10.3 Å². The van der Waals surface area contributed by atoms with Gasteiger partial charge in [0.25, 0.3) is 0 Å². The van der Waals surface area contributed by atoms with Crippen molar-refractivity contribution in [3.8, 4) is 0 Å². The highest BCUT2D eigenvalue weighted by molar-refractivity contribution is 7.93. The van der Waals surface area contributed by atoms with Crippen molar-refractivity contribution in [2.75, 3.05) is 21.9 Å². The molecule has 3 rings (SSSR count). The van der Waals surface area contributed by atoms with Gasteiger partial charge in [-0.05, 0) is 50.1 Å². The van der Waals surface area contributed by atoms with Crippen molar-refractivity contribution in [2.45, 2.75) is 26.8 Å². The monoisotopic (exact) mass is 349 g/mol. The molecule has 0 amide bonds. The van der Waals surface area contributed by atoms with Crippen molar-refractivity contribution in [2.24, 2.45) is 0 Å². The van der Waals surface area contributed by atoms with Gasteiger partial charge in [0.15, 0.2) is 0 Å². The van der Waals surface area contributed by atoms with E-state index < -0.39 is 15.8 Å². The second-order valence-electron chi connectivity index (χ2n) is 5.96. The normalized spacial score (nSPS) is 16.4. The fraction of sp³-hybridized carbons (Fsp3) is 0.353. The fourth-order valence-electron chi connectivity index (χ4n) is 2.82. The van der Waals surface area contributed by atoms with Crippen LogP contribution in [0.25, 0.3) is 0 Å². The molecule has 5 nitrogen and oxygen atoms in total. The lowest BCUT2D eigenvalue weighted by atomic mass is 10.2. The van der Waals surface area contributed by atoms with Crippen LogP contribution in [0.3, 0.4) is 0 Å². The summed E-state index contributed by atoms with van der Waals surface area (Å²) in [4.78, 5) is 4.41. The van der Waals surface area contributed by atoms with Gasteiger partial charge in [-0.3, -0.25) is 9.29 Å². The standard InChI is InChI=1S/C17H20FN3O2S/c1-12-4-5-14(13(2)20-12)11-19-15-6-7-16(18)17(10-15)21-8-3-9-24(21,22)23/h4-7,10,19H,3,8-9,11H2,1-2H3. The first-order valence-corrected chi connectivity index (χ1v) is 9.45. The third kappa shape index (κ3) is 3.36. The first kappa shape index (κ1) is 16.7. The fourth-order valence-corrected chi connectivity index (χ4v) is 4.38. The summed E-state index contributed by atoms with van der Waals surface area (Å²) >= 11 is 0. The van der Waals surface area contributed by atoms with Crippen LogP contribution < -0.4 is 9.62 Å². The maximum atomic E-state index is 14.1. The quantitative estimate of drug-likeness (QED) is 0.922. The van der Waals surface area contributed by atoms with Crippen molar-refractivity contribution < 1.29 is 12.8 Å². The zero-order chi connectivity index (χ0) is 17.3. The molecule has 0 spiro atoms. The first-order chi connectivity index (χ1) is 11.4. The van der Waals surface area contributed by atoms with Gasteiger partial charge in [0.05, 0.1) is 11.4 Å². The predicted octanol–water partition coefficient (Wildman–Crippen LogP) is 2.99. The molecule has 1 aliphatic rings. The SMILES string of the molecule is Cc1ccc(CNc2ccc(F)c(N3CCCS3(=O)=O)c2)c(C)n1. The number of hydrogen-bond acceptors (Lipinski definition) is 4. The molecule has 0 bridgehead atoms. The van der Waals surface area contributed by atoms with Crippen molar-refractivity contribution in [3.05, 3.63) is 53.1 Å². The molecule has 7 heteroatoms. The van der Waals surface area contributed by atoms with Crippen LogP contribution in [0.2, 0.25) is 0 Å². The average molecular weight is 349 g/mol. The summed E-state index contributed by atoms with van der Waals surface area (Å²) in [6.07, 6.45) is 0.521. The zero-order valence-electron chi connectivity index (χ0n) is 13.7. The molecule has 2 heterocycles. The molecule has 0 atom stereocenters. The minimum atomic E-state index is -3.40. The molecule has 1 fully saturated rings. The van der Waals surface area contributed by atoms with Crippen LogP contribution >= 0.6 is 0 Å². The Kier molecular flexibility index (Phi) is 4.45. The average Bonchev–Trinajstić information content (AvgIpc) is 2.87. The second-order valence-corrected chi connectivity index (χ2v) is 7.97. The zero-order valence-corrected chi connectivity index (χ0v) is 14.5. The Balaban J connectivity index is 1.81. The number of nitrogens with one attached hydrogen (secondary N) is 1. The summed E-state index contributed by atoms with van der Waals surface area (Å²) in [5.74, 6) is -0.461. The van der Waals surface area contributed by atoms with Gasteiger partial charge in [0.2, 0.25) is 10.0 Å². The van der Waals surface area contributed by atoms with Crippen LogP contribution in [0.15, 0.2) is 30.3 Å². The molecule has 128 valence electrons. The molecule has 2 aromatic rings. The van der Waals surface area contributed by atoms with Gasteiger partial charge in [-0.2, -0.15) is 0 Å². The van der Waals surface area contributed by atoms with Crippen LogP contribution in [0.4, 0.5) is 15.8 Å². The summed E-state index contributed by atoms with van der Waals surface area (Å²) in [6, 6.07) is 8.40. The molecule has 0 unspecified atom stereocenters. The lowest BCUT2D eigenvalue weighted by Gasteiger charge is -2.19. The highest BCUT2D eigenvalue weighted by Crippen LogP contribution is 2.29. The third-order valence-electron chi connectivity index (χ3n) is 4.13. The Bertz CT molecular complexity index is 868. The van der Waals surface area contributed by atoms with Crippen LogP contribution in [0, 0.1) is 19.7 Å². The molecular formula is C17H20FN3O2S. The number of aryl methyl sites for hydroxylation is 2. The van der Waals surface area contributed by atoms with Gasteiger partial charge in [-0.1, -0.05) is 6.07 Å². The number of pyridine rings is 1. The number of hydrogen-bond donors (Lipinski definition) is 1. The molecule has 1 N–H and O–H groups in total. The Morgan fingerprint density at radius 1 is 1.25 bits per heavy atom. The molecule has 0 radical (unpaired) electrons. The van der Waals surface area contributed by atoms with E-state index in [1.807, 2.05) is 26.0 Å². The molecule has 0 aliphatic carbocycles. The van der Waals surface area contributed by atoms with Gasteiger partial charge in [-0.15, -0.1) is 0 Å².